The van der Waals surface area contributed by atoms with E-state index in [0.717, 1.165) is 5.46 Å². The molecule has 0 aliphatic carbocycles. The van der Waals surface area contributed by atoms with Crippen LogP contribution in [0.1, 0.15) is 0 Å². The molecule has 0 radical (unpaired) electrons. The SMILES string of the molecule is b1occc1-c1ccccc1. The predicted molar refractivity (Wildman–Crippen MR) is 45.5 cm³/mol. The van der Waals surface area contributed by atoms with Gasteiger partial charge in [-0.3, -0.25) is 0 Å². The molecule has 2 rings (SSSR count). The van der Waals surface area contributed by atoms with Crippen molar-refractivity contribution in [2.24, 2.45) is 0 Å². The van der Waals surface area contributed by atoms with Gasteiger partial charge < -0.3 is 0 Å². The summed E-state index contributed by atoms with van der Waals surface area (Å²) in [5.74, 6) is 0. The fourth-order valence-electron chi connectivity index (χ4n) is 1.06. The fraction of sp³-hybridized carbons (Fsp3) is 0. The average Bonchev–Trinajstić information content (AvgIpc) is 2.58. The third-order valence-corrected chi connectivity index (χ3v) is 1.63. The van der Waals surface area contributed by atoms with E-state index >= 15 is 0 Å². The molecule has 0 aliphatic heterocycles. The van der Waals surface area contributed by atoms with E-state index in [4.69, 9.17) is 4.33 Å². The minimum atomic E-state index is 1.13. The van der Waals surface area contributed by atoms with Crippen molar-refractivity contribution in [2.45, 2.75) is 0 Å². The molecule has 0 aliphatic rings. The van der Waals surface area contributed by atoms with Crippen LogP contribution in [0.2, 0.25) is 0 Å². The van der Waals surface area contributed by atoms with Crippen molar-refractivity contribution < 1.29 is 4.33 Å². The molecule has 0 fully saturated rings. The van der Waals surface area contributed by atoms with Gasteiger partial charge in [0, 0.05) is 0 Å². The number of hydrogen-bond donors (Lipinski definition) is 0. The Labute approximate surface area is 65.9 Å². The molecule has 11 heavy (non-hydrogen) atoms. The fourth-order valence-corrected chi connectivity index (χ4v) is 1.06. The van der Waals surface area contributed by atoms with Crippen molar-refractivity contribution in [3.63, 3.8) is 0 Å². The second kappa shape index (κ2) is 2.75. The molecule has 1 aromatic carbocycles. The van der Waals surface area contributed by atoms with Crippen molar-refractivity contribution in [2.75, 3.05) is 0 Å². The zero-order chi connectivity index (χ0) is 7.52. The van der Waals surface area contributed by atoms with Crippen molar-refractivity contribution >= 4 is 7.13 Å². The third-order valence-electron chi connectivity index (χ3n) is 1.63. The van der Waals surface area contributed by atoms with E-state index < -0.39 is 0 Å². The Bertz CT molecular complexity index is 313. The van der Waals surface area contributed by atoms with Gasteiger partial charge in [0.25, 0.3) is 0 Å². The second-order valence-corrected chi connectivity index (χ2v) is 2.38. The van der Waals surface area contributed by atoms with Crippen LogP contribution < -0.4 is 0 Å². The standard InChI is InChI=1S/C9H7BO/c1-2-4-8(5-3-1)9-6-7-11-10-9/h1-7H. The van der Waals surface area contributed by atoms with E-state index in [1.807, 2.05) is 24.3 Å². The van der Waals surface area contributed by atoms with Crippen molar-refractivity contribution in [1.82, 2.24) is 0 Å². The first-order valence-corrected chi connectivity index (χ1v) is 3.54. The maximum atomic E-state index is 4.97. The summed E-state index contributed by atoms with van der Waals surface area (Å²) in [6.07, 6.45) is 1.68. The van der Waals surface area contributed by atoms with Crippen LogP contribution in [0.5, 0.6) is 0 Å². The van der Waals surface area contributed by atoms with Gasteiger partial charge in [-0.1, -0.05) is 0 Å². The first-order valence-electron chi connectivity index (χ1n) is 3.54. The van der Waals surface area contributed by atoms with Gasteiger partial charge in [0.15, 0.2) is 0 Å². The molecule has 52 valence electrons. The van der Waals surface area contributed by atoms with Gasteiger partial charge in [-0.25, -0.2) is 0 Å². The Kier molecular flexibility index (Phi) is 1.60. The first kappa shape index (κ1) is 6.41. The molecule has 1 aromatic heterocycles. The van der Waals surface area contributed by atoms with E-state index in [0.29, 0.717) is 0 Å². The molecule has 0 saturated heterocycles. The van der Waals surface area contributed by atoms with E-state index in [9.17, 15) is 0 Å². The van der Waals surface area contributed by atoms with E-state index in [-0.39, 0.29) is 0 Å². The summed E-state index contributed by atoms with van der Waals surface area (Å²) in [6, 6.07) is 12.1. The summed E-state index contributed by atoms with van der Waals surface area (Å²) in [6.45, 7) is 0. The monoisotopic (exact) mass is 142 g/mol. The molecule has 1 heterocycles. The Morgan fingerprint density at radius 1 is 1.00 bits per heavy atom. The van der Waals surface area contributed by atoms with Crippen LogP contribution >= 0.6 is 0 Å². The number of hydrogen-bond acceptors (Lipinski definition) is 1. The molecule has 0 unspecified atom stereocenters. The summed E-state index contributed by atoms with van der Waals surface area (Å²) < 4.78 is 4.97. The first-order chi connectivity index (χ1) is 5.47. The Balaban J connectivity index is 2.46. The molecular formula is C9H7BO. The molecule has 0 atom stereocenters. The molecule has 0 bridgehead atoms. The third kappa shape index (κ3) is 1.24. The summed E-state index contributed by atoms with van der Waals surface area (Å²) in [4.78, 5) is 0. The van der Waals surface area contributed by atoms with Crippen LogP contribution in [0.25, 0.3) is 11.0 Å². The topological polar surface area (TPSA) is 13.1 Å². The summed E-state index contributed by atoms with van der Waals surface area (Å²) in [5.41, 5.74) is 2.33. The van der Waals surface area contributed by atoms with Gasteiger partial charge in [0.2, 0.25) is 0 Å². The molecule has 0 amide bonds. The van der Waals surface area contributed by atoms with E-state index in [1.54, 1.807) is 13.4 Å². The molecule has 0 saturated carbocycles. The zero-order valence-electron chi connectivity index (χ0n) is 6.03. The second-order valence-electron chi connectivity index (χ2n) is 2.38. The van der Waals surface area contributed by atoms with Gasteiger partial charge in [-0.15, -0.1) is 0 Å². The Hall–Kier alpha value is -1.31. The molecule has 2 heteroatoms. The molecule has 1 nitrogen and oxygen atoms in total. The maximum absolute atomic E-state index is 4.97. The van der Waals surface area contributed by atoms with Gasteiger partial charge >= 0.3 is 65.1 Å². The Morgan fingerprint density at radius 2 is 1.82 bits per heavy atom. The minimum absolute atomic E-state index is 1.13. The van der Waals surface area contributed by atoms with Crippen molar-refractivity contribution in [3.05, 3.63) is 42.7 Å². The van der Waals surface area contributed by atoms with Gasteiger partial charge in [0.05, 0.1) is 0 Å². The van der Waals surface area contributed by atoms with Crippen LogP contribution in [-0.2, 0) is 0 Å². The summed E-state index contributed by atoms with van der Waals surface area (Å²) in [5, 5.41) is 0. The van der Waals surface area contributed by atoms with Crippen LogP contribution in [0.4, 0.5) is 0 Å². The summed E-state index contributed by atoms with van der Waals surface area (Å²) in [7, 11) is 1.75. The molecule has 0 spiro atoms. The zero-order valence-corrected chi connectivity index (χ0v) is 6.03. The van der Waals surface area contributed by atoms with Gasteiger partial charge in [-0.05, 0) is 0 Å². The van der Waals surface area contributed by atoms with E-state index in [1.165, 1.54) is 5.56 Å². The number of rotatable bonds is 1. The summed E-state index contributed by atoms with van der Waals surface area (Å²) >= 11 is 0. The van der Waals surface area contributed by atoms with Gasteiger partial charge in [-0.2, -0.15) is 0 Å². The predicted octanol–water partition coefficient (Wildman–Crippen LogP) is 2.28. The molecule has 2 aromatic rings. The molecule has 0 N–H and O–H groups in total. The van der Waals surface area contributed by atoms with Crippen molar-refractivity contribution in [3.8, 4) is 11.0 Å². The van der Waals surface area contributed by atoms with Gasteiger partial charge in [0.1, 0.15) is 0 Å². The van der Waals surface area contributed by atoms with Crippen molar-refractivity contribution in [1.29, 1.82) is 0 Å². The average molecular weight is 142 g/mol. The Morgan fingerprint density at radius 3 is 2.45 bits per heavy atom. The van der Waals surface area contributed by atoms with Crippen LogP contribution in [0, 0.1) is 0 Å². The van der Waals surface area contributed by atoms with Crippen LogP contribution in [-0.4, -0.2) is 7.13 Å². The van der Waals surface area contributed by atoms with E-state index in [2.05, 4.69) is 12.1 Å². The van der Waals surface area contributed by atoms with Crippen LogP contribution in [0.3, 0.4) is 0 Å². The number of benzene rings is 1. The quantitative estimate of drug-likeness (QED) is 0.595. The van der Waals surface area contributed by atoms with Crippen LogP contribution in [0.15, 0.2) is 47.0 Å². The molecular weight excluding hydrogens is 135 g/mol. The normalized spacial score (nSPS) is 9.45.